The summed E-state index contributed by atoms with van der Waals surface area (Å²) >= 11 is 0. The van der Waals surface area contributed by atoms with Crippen LogP contribution >= 0.6 is 0 Å². The van der Waals surface area contributed by atoms with E-state index in [2.05, 4.69) is 0 Å². The number of rotatable bonds is 5. The van der Waals surface area contributed by atoms with Crippen molar-refractivity contribution >= 4 is 26.8 Å². The van der Waals surface area contributed by atoms with E-state index < -0.39 is 26.8 Å². The molecule has 1 aromatic carbocycles. The van der Waals surface area contributed by atoms with Crippen LogP contribution in [0, 0.1) is 0 Å². The van der Waals surface area contributed by atoms with Gasteiger partial charge in [0.25, 0.3) is 0 Å². The molecule has 2 rings (SSSR count). The molecular formula is C14H16O5S. The maximum Gasteiger partial charge on any atom is 0.339 e. The lowest BCUT2D eigenvalue weighted by Crippen LogP contribution is -2.19. The van der Waals surface area contributed by atoms with Crippen molar-refractivity contribution in [2.75, 3.05) is 0 Å². The molecule has 1 aromatic heterocycles. The molecule has 1 N–H and O–H groups in total. The summed E-state index contributed by atoms with van der Waals surface area (Å²) in [6, 6.07) is 6.64. The number of carboxylic acid groups (broad SMARTS) is 1. The highest BCUT2D eigenvalue weighted by molar-refractivity contribution is 7.91. The molecule has 108 valence electrons. The second kappa shape index (κ2) is 5.28. The van der Waals surface area contributed by atoms with Gasteiger partial charge in [0.15, 0.2) is 9.84 Å². The Bertz CT molecular complexity index is 742. The summed E-state index contributed by atoms with van der Waals surface area (Å²) in [7, 11) is -3.42. The number of carboxylic acids is 1. The Balaban J connectivity index is 2.55. The fourth-order valence-corrected chi connectivity index (χ4v) is 3.37. The molecule has 5 nitrogen and oxygen atoms in total. The van der Waals surface area contributed by atoms with E-state index in [0.29, 0.717) is 17.4 Å². The van der Waals surface area contributed by atoms with Gasteiger partial charge in [-0.05, 0) is 19.4 Å². The van der Waals surface area contributed by atoms with Gasteiger partial charge in [-0.1, -0.05) is 25.1 Å². The van der Waals surface area contributed by atoms with Gasteiger partial charge in [-0.15, -0.1) is 0 Å². The highest BCUT2D eigenvalue weighted by Crippen LogP contribution is 2.28. The lowest BCUT2D eigenvalue weighted by atomic mass is 10.1. The van der Waals surface area contributed by atoms with Crippen LogP contribution in [-0.4, -0.2) is 24.7 Å². The van der Waals surface area contributed by atoms with E-state index in [0.717, 1.165) is 0 Å². The smallest absolute Gasteiger partial charge is 0.339 e. The summed E-state index contributed by atoms with van der Waals surface area (Å²) in [5, 5.41) is 9.19. The van der Waals surface area contributed by atoms with Crippen molar-refractivity contribution in [3.05, 3.63) is 35.6 Å². The maximum atomic E-state index is 12.1. The van der Waals surface area contributed by atoms with E-state index in [1.54, 1.807) is 38.1 Å². The summed E-state index contributed by atoms with van der Waals surface area (Å²) < 4.78 is 29.7. The Kier molecular flexibility index (Phi) is 3.85. The van der Waals surface area contributed by atoms with Gasteiger partial charge < -0.3 is 9.52 Å². The molecule has 0 spiro atoms. The van der Waals surface area contributed by atoms with Crippen molar-refractivity contribution in [1.82, 2.24) is 0 Å². The zero-order valence-electron chi connectivity index (χ0n) is 11.3. The lowest BCUT2D eigenvalue weighted by Gasteiger charge is -2.09. The van der Waals surface area contributed by atoms with Crippen molar-refractivity contribution < 1.29 is 22.7 Å². The summed E-state index contributed by atoms with van der Waals surface area (Å²) in [6.07, 6.45) is 0.477. The molecule has 1 unspecified atom stereocenters. The molecule has 0 radical (unpaired) electrons. The Morgan fingerprint density at radius 1 is 1.35 bits per heavy atom. The van der Waals surface area contributed by atoms with E-state index in [1.807, 2.05) is 0 Å². The summed E-state index contributed by atoms with van der Waals surface area (Å²) in [6.45, 7) is 3.39. The number of sulfone groups is 1. The zero-order valence-corrected chi connectivity index (χ0v) is 12.1. The number of furan rings is 1. The van der Waals surface area contributed by atoms with Gasteiger partial charge in [-0.25, -0.2) is 13.2 Å². The largest absolute Gasteiger partial charge is 0.478 e. The van der Waals surface area contributed by atoms with Gasteiger partial charge in [0.2, 0.25) is 0 Å². The first-order valence-electron chi connectivity index (χ1n) is 6.32. The normalized spacial score (nSPS) is 13.5. The van der Waals surface area contributed by atoms with Crippen molar-refractivity contribution in [2.24, 2.45) is 0 Å². The number of benzene rings is 1. The number of para-hydroxylation sites is 1. The first-order valence-corrected chi connectivity index (χ1v) is 8.03. The van der Waals surface area contributed by atoms with Crippen LogP contribution in [0.5, 0.6) is 0 Å². The number of hydrogen-bond donors (Lipinski definition) is 1. The predicted octanol–water partition coefficient (Wildman–Crippen LogP) is 2.84. The highest BCUT2D eigenvalue weighted by atomic mass is 32.2. The van der Waals surface area contributed by atoms with Crippen LogP contribution < -0.4 is 0 Å². The number of hydrogen-bond acceptors (Lipinski definition) is 4. The van der Waals surface area contributed by atoms with Crippen LogP contribution in [-0.2, 0) is 15.6 Å². The van der Waals surface area contributed by atoms with Crippen molar-refractivity contribution in [1.29, 1.82) is 0 Å². The van der Waals surface area contributed by atoms with Gasteiger partial charge in [0.1, 0.15) is 22.7 Å². The number of aromatic carboxylic acids is 1. The van der Waals surface area contributed by atoms with Crippen LogP contribution in [0.1, 0.15) is 36.4 Å². The molecule has 20 heavy (non-hydrogen) atoms. The van der Waals surface area contributed by atoms with Crippen molar-refractivity contribution in [2.45, 2.75) is 31.3 Å². The van der Waals surface area contributed by atoms with Crippen LogP contribution in [0.2, 0.25) is 0 Å². The van der Waals surface area contributed by atoms with Crippen LogP contribution in [0.15, 0.2) is 28.7 Å². The minimum Gasteiger partial charge on any atom is -0.478 e. The number of carbonyl (C=O) groups is 1. The van der Waals surface area contributed by atoms with Gasteiger partial charge in [-0.2, -0.15) is 0 Å². The quantitative estimate of drug-likeness (QED) is 0.917. The van der Waals surface area contributed by atoms with E-state index in [9.17, 15) is 18.3 Å². The molecule has 1 heterocycles. The van der Waals surface area contributed by atoms with Gasteiger partial charge in [-0.3, -0.25) is 0 Å². The van der Waals surface area contributed by atoms with Crippen LogP contribution in [0.25, 0.3) is 11.0 Å². The Labute approximate surface area is 117 Å². The molecule has 0 aliphatic carbocycles. The fraction of sp³-hybridized carbons (Fsp3) is 0.357. The third kappa shape index (κ3) is 2.56. The number of fused-ring (bicyclic) bond motifs is 1. The minimum atomic E-state index is -3.42. The van der Waals surface area contributed by atoms with Gasteiger partial charge >= 0.3 is 5.97 Å². The molecule has 0 bridgehead atoms. The van der Waals surface area contributed by atoms with Gasteiger partial charge in [0.05, 0.1) is 5.25 Å². The second-order valence-corrected chi connectivity index (χ2v) is 7.15. The van der Waals surface area contributed by atoms with E-state index in [4.69, 9.17) is 4.42 Å². The molecule has 0 saturated heterocycles. The third-order valence-corrected chi connectivity index (χ3v) is 5.63. The van der Waals surface area contributed by atoms with Crippen LogP contribution in [0.3, 0.4) is 0 Å². The predicted molar refractivity (Wildman–Crippen MR) is 75.6 cm³/mol. The first-order chi connectivity index (χ1) is 9.36. The second-order valence-electron chi connectivity index (χ2n) is 4.73. The molecule has 2 aromatic rings. The van der Waals surface area contributed by atoms with E-state index in [1.165, 1.54) is 0 Å². The molecule has 0 aliphatic rings. The summed E-state index contributed by atoms with van der Waals surface area (Å²) in [4.78, 5) is 11.4. The average molecular weight is 296 g/mol. The van der Waals surface area contributed by atoms with Crippen LogP contribution in [0.4, 0.5) is 0 Å². The Hall–Kier alpha value is -1.82. The topological polar surface area (TPSA) is 84.6 Å². The summed E-state index contributed by atoms with van der Waals surface area (Å²) in [5.74, 6) is -1.57. The standard InChI is InChI=1S/C14H16O5S/c1-3-9(2)20(17,18)8-12-13(14(15)16)10-6-4-5-7-11(10)19-12/h4-7,9H,3,8H2,1-2H3,(H,15,16). The van der Waals surface area contributed by atoms with Gasteiger partial charge in [0, 0.05) is 5.39 Å². The Morgan fingerprint density at radius 3 is 2.60 bits per heavy atom. The summed E-state index contributed by atoms with van der Waals surface area (Å²) in [5.41, 5.74) is 0.326. The van der Waals surface area contributed by atoms with Crippen molar-refractivity contribution in [3.63, 3.8) is 0 Å². The fourth-order valence-electron chi connectivity index (χ4n) is 2.01. The SMILES string of the molecule is CCC(C)S(=O)(=O)Cc1oc2ccccc2c1C(=O)O. The molecule has 1 atom stereocenters. The monoisotopic (exact) mass is 296 g/mol. The lowest BCUT2D eigenvalue weighted by molar-refractivity contribution is 0.0697. The van der Waals surface area contributed by atoms with Crippen molar-refractivity contribution in [3.8, 4) is 0 Å². The molecule has 0 amide bonds. The molecule has 0 aliphatic heterocycles. The molecule has 0 fully saturated rings. The molecular weight excluding hydrogens is 280 g/mol. The third-order valence-electron chi connectivity index (χ3n) is 3.40. The zero-order chi connectivity index (χ0) is 14.9. The highest BCUT2D eigenvalue weighted by Gasteiger charge is 2.27. The van der Waals surface area contributed by atoms with E-state index >= 15 is 0 Å². The minimum absolute atomic E-state index is 0.000926. The maximum absolute atomic E-state index is 12.1. The Morgan fingerprint density at radius 2 is 2.00 bits per heavy atom. The average Bonchev–Trinajstić information content (AvgIpc) is 2.74. The molecule has 6 heteroatoms. The molecule has 0 saturated carbocycles. The first kappa shape index (κ1) is 14.6. The van der Waals surface area contributed by atoms with E-state index in [-0.39, 0.29) is 11.3 Å².